The Labute approximate surface area is 229 Å². The first kappa shape index (κ1) is 22.4. The summed E-state index contributed by atoms with van der Waals surface area (Å²) in [6.07, 6.45) is 6.93. The van der Waals surface area contributed by atoms with E-state index in [-0.39, 0.29) is 5.41 Å². The lowest BCUT2D eigenvalue weighted by Crippen LogP contribution is -2.55. The molecule has 10 rings (SSSR count). The highest BCUT2D eigenvalue weighted by Crippen LogP contribution is 2.69. The van der Waals surface area contributed by atoms with Crippen LogP contribution in [0.3, 0.4) is 0 Å². The summed E-state index contributed by atoms with van der Waals surface area (Å²) in [4.78, 5) is 0. The molecule has 0 heterocycles. The average molecular weight is 506 g/mol. The second-order valence-corrected chi connectivity index (χ2v) is 12.8. The highest BCUT2D eigenvalue weighted by atomic mass is 16.4. The van der Waals surface area contributed by atoms with Crippen molar-refractivity contribution >= 4 is 34.1 Å². The van der Waals surface area contributed by atoms with Crippen LogP contribution in [0.4, 0.5) is 0 Å². The van der Waals surface area contributed by atoms with Gasteiger partial charge in [-0.25, -0.2) is 0 Å². The zero-order valence-electron chi connectivity index (χ0n) is 22.0. The number of hydrogen-bond donors (Lipinski definition) is 2. The third kappa shape index (κ3) is 2.90. The summed E-state index contributed by atoms with van der Waals surface area (Å²) >= 11 is 0. The third-order valence-corrected chi connectivity index (χ3v) is 11.1. The number of fused-ring (bicyclic) bond motifs is 5. The van der Waals surface area contributed by atoms with Gasteiger partial charge < -0.3 is 10.0 Å². The van der Waals surface area contributed by atoms with E-state index in [1.54, 1.807) is 11.1 Å². The number of benzene rings is 5. The Morgan fingerprint density at radius 2 is 1.23 bits per heavy atom. The monoisotopic (exact) mass is 506 g/mol. The fourth-order valence-corrected chi connectivity index (χ4v) is 9.86. The molecule has 0 amide bonds. The predicted molar refractivity (Wildman–Crippen MR) is 160 cm³/mol. The first-order valence-corrected chi connectivity index (χ1v) is 14.7. The standard InChI is InChI=1S/C36H31BO2/c38-37(39)35-10-4-8-29-28(7-3-9-31(29)35)25-11-12-30-32-18-23-5-1-2-6-24(23)19-34(32)36(33(30)20-25)26-14-21-13-22(16-26)17-27(36)15-21/h1-12,18-22,26-27,38-39H,13-17H2. The summed E-state index contributed by atoms with van der Waals surface area (Å²) in [6.45, 7) is 0. The largest absolute Gasteiger partial charge is 0.489 e. The molecule has 0 aliphatic heterocycles. The molecule has 4 bridgehead atoms. The zero-order valence-corrected chi connectivity index (χ0v) is 22.0. The Bertz CT molecular complexity index is 1790. The lowest BCUT2D eigenvalue weighted by atomic mass is 9.43. The van der Waals surface area contributed by atoms with Crippen LogP contribution in [0.1, 0.15) is 43.2 Å². The average Bonchev–Trinajstić information content (AvgIpc) is 3.22. The van der Waals surface area contributed by atoms with E-state index in [0.717, 1.165) is 28.2 Å². The summed E-state index contributed by atoms with van der Waals surface area (Å²) in [7, 11) is -1.48. The van der Waals surface area contributed by atoms with Crippen LogP contribution in [0.5, 0.6) is 0 Å². The molecule has 0 radical (unpaired) electrons. The summed E-state index contributed by atoms with van der Waals surface area (Å²) < 4.78 is 0. The van der Waals surface area contributed by atoms with Gasteiger partial charge >= 0.3 is 7.12 Å². The van der Waals surface area contributed by atoms with Crippen LogP contribution in [-0.4, -0.2) is 17.2 Å². The molecule has 0 unspecified atom stereocenters. The van der Waals surface area contributed by atoms with Gasteiger partial charge in [0, 0.05) is 5.41 Å². The van der Waals surface area contributed by atoms with Gasteiger partial charge in [-0.3, -0.25) is 0 Å². The van der Waals surface area contributed by atoms with E-state index in [4.69, 9.17) is 0 Å². The molecule has 5 aliphatic rings. The maximum atomic E-state index is 10.0. The molecule has 1 spiro atoms. The Hall–Kier alpha value is -3.40. The molecule has 2 N–H and O–H groups in total. The van der Waals surface area contributed by atoms with Crippen molar-refractivity contribution in [1.29, 1.82) is 0 Å². The Morgan fingerprint density at radius 1 is 0.564 bits per heavy atom. The Morgan fingerprint density at radius 3 is 1.97 bits per heavy atom. The second kappa shape index (κ2) is 7.84. The van der Waals surface area contributed by atoms with E-state index in [1.165, 1.54) is 59.6 Å². The maximum absolute atomic E-state index is 10.0. The van der Waals surface area contributed by atoms with Gasteiger partial charge in [0.15, 0.2) is 0 Å². The van der Waals surface area contributed by atoms with E-state index in [1.807, 2.05) is 18.2 Å². The molecule has 4 saturated carbocycles. The minimum atomic E-state index is -1.48. The van der Waals surface area contributed by atoms with Crippen LogP contribution in [0.25, 0.3) is 43.8 Å². The van der Waals surface area contributed by atoms with Gasteiger partial charge in [-0.2, -0.15) is 0 Å². The van der Waals surface area contributed by atoms with Crippen molar-refractivity contribution in [2.24, 2.45) is 23.7 Å². The molecule has 2 nitrogen and oxygen atoms in total. The molecule has 5 aromatic rings. The molecule has 0 atom stereocenters. The maximum Gasteiger partial charge on any atom is 0.489 e. The molecule has 0 saturated heterocycles. The van der Waals surface area contributed by atoms with Crippen molar-refractivity contribution in [1.82, 2.24) is 0 Å². The molecule has 190 valence electrons. The molecule has 39 heavy (non-hydrogen) atoms. The van der Waals surface area contributed by atoms with E-state index >= 15 is 0 Å². The van der Waals surface area contributed by atoms with E-state index in [0.29, 0.717) is 17.3 Å². The van der Waals surface area contributed by atoms with Crippen LogP contribution < -0.4 is 5.46 Å². The number of hydrogen-bond acceptors (Lipinski definition) is 2. The highest BCUT2D eigenvalue weighted by Gasteiger charge is 2.61. The molecular formula is C36H31BO2. The van der Waals surface area contributed by atoms with Gasteiger partial charge in [0.1, 0.15) is 0 Å². The molecule has 5 aliphatic carbocycles. The van der Waals surface area contributed by atoms with Gasteiger partial charge in [-0.15, -0.1) is 0 Å². The van der Waals surface area contributed by atoms with Crippen LogP contribution in [0, 0.1) is 23.7 Å². The summed E-state index contributed by atoms with van der Waals surface area (Å²) in [5, 5.41) is 24.7. The quantitative estimate of drug-likeness (QED) is 0.252. The van der Waals surface area contributed by atoms with Crippen molar-refractivity contribution in [3.8, 4) is 22.3 Å². The van der Waals surface area contributed by atoms with Crippen LogP contribution in [-0.2, 0) is 5.41 Å². The molecular weight excluding hydrogens is 475 g/mol. The van der Waals surface area contributed by atoms with E-state index in [9.17, 15) is 10.0 Å². The van der Waals surface area contributed by atoms with Gasteiger partial charge in [0.2, 0.25) is 0 Å². The Balaban J connectivity index is 1.32. The zero-order chi connectivity index (χ0) is 25.9. The van der Waals surface area contributed by atoms with Crippen molar-refractivity contribution in [3.63, 3.8) is 0 Å². The second-order valence-electron chi connectivity index (χ2n) is 12.8. The summed E-state index contributed by atoms with van der Waals surface area (Å²) in [5.74, 6) is 3.26. The van der Waals surface area contributed by atoms with E-state index in [2.05, 4.69) is 72.8 Å². The van der Waals surface area contributed by atoms with Crippen LogP contribution >= 0.6 is 0 Å². The van der Waals surface area contributed by atoms with Crippen molar-refractivity contribution in [3.05, 3.63) is 102 Å². The first-order chi connectivity index (χ1) is 19.1. The topological polar surface area (TPSA) is 40.5 Å². The molecule has 5 aromatic carbocycles. The summed E-state index contributed by atoms with van der Waals surface area (Å²) in [6, 6.07) is 33.2. The van der Waals surface area contributed by atoms with Crippen LogP contribution in [0.2, 0.25) is 0 Å². The smallest absolute Gasteiger partial charge is 0.423 e. The SMILES string of the molecule is OB(O)c1cccc2c(-c3ccc4c(c3)C3(c5cc6ccccc6cc5-4)C4CC5CC(C4)CC3C5)cccc12. The Kier molecular flexibility index (Phi) is 4.51. The van der Waals surface area contributed by atoms with Gasteiger partial charge in [0.05, 0.1) is 0 Å². The fraction of sp³-hybridized carbons (Fsp3) is 0.278. The number of rotatable bonds is 2. The highest BCUT2D eigenvalue weighted by molar-refractivity contribution is 6.62. The first-order valence-electron chi connectivity index (χ1n) is 14.7. The van der Waals surface area contributed by atoms with E-state index < -0.39 is 7.12 Å². The molecule has 0 aromatic heterocycles. The summed E-state index contributed by atoms with van der Waals surface area (Å²) in [5.41, 5.74) is 9.08. The third-order valence-electron chi connectivity index (χ3n) is 11.1. The van der Waals surface area contributed by atoms with Gasteiger partial charge in [-0.05, 0) is 134 Å². The lowest BCUT2D eigenvalue weighted by molar-refractivity contribution is -0.0398. The molecule has 3 heteroatoms. The van der Waals surface area contributed by atoms with Crippen molar-refractivity contribution < 1.29 is 10.0 Å². The minimum Gasteiger partial charge on any atom is -0.423 e. The normalized spacial score (nSPS) is 27.8. The van der Waals surface area contributed by atoms with Gasteiger partial charge in [-0.1, -0.05) is 72.8 Å². The molecule has 4 fully saturated rings. The van der Waals surface area contributed by atoms with Crippen molar-refractivity contribution in [2.75, 3.05) is 0 Å². The van der Waals surface area contributed by atoms with Gasteiger partial charge in [0.25, 0.3) is 0 Å². The fourth-order valence-electron chi connectivity index (χ4n) is 9.86. The minimum absolute atomic E-state index is 0.106. The van der Waals surface area contributed by atoms with Crippen molar-refractivity contribution in [2.45, 2.75) is 37.5 Å². The lowest BCUT2D eigenvalue weighted by Gasteiger charge is -2.61. The predicted octanol–water partition coefficient (Wildman–Crippen LogP) is 7.06. The van der Waals surface area contributed by atoms with Crippen LogP contribution in [0.15, 0.2) is 91.0 Å².